The number of hydrogen-bond acceptors (Lipinski definition) is 4. The molecule has 3 rings (SSSR count). The largest absolute Gasteiger partial charge is 0.378 e. The van der Waals surface area contributed by atoms with Crippen molar-refractivity contribution in [3.8, 4) is 0 Å². The maximum atomic E-state index is 12.4. The number of amides is 1. The van der Waals surface area contributed by atoms with Crippen molar-refractivity contribution in [2.45, 2.75) is 50.8 Å². The van der Waals surface area contributed by atoms with E-state index < -0.39 is 0 Å². The predicted molar refractivity (Wildman–Crippen MR) is 84.4 cm³/mol. The smallest absolute Gasteiger partial charge is 0.225 e. The molecule has 1 saturated carbocycles. The average molecular weight is 308 g/mol. The Bertz CT molecular complexity index is 439. The molecule has 1 aliphatic carbocycles. The summed E-state index contributed by atoms with van der Waals surface area (Å²) in [6, 6.07) is 4.63. The second kappa shape index (κ2) is 7.38. The van der Waals surface area contributed by atoms with E-state index >= 15 is 0 Å². The minimum absolute atomic E-state index is 0.250. The Hall–Kier alpha value is -0.910. The Kier molecular flexibility index (Phi) is 5.27. The lowest BCUT2D eigenvalue weighted by molar-refractivity contribution is -0.134. The summed E-state index contributed by atoms with van der Waals surface area (Å²) in [5, 5.41) is 5.40. The topological polar surface area (TPSA) is 41.6 Å². The molecule has 1 aliphatic heterocycles. The van der Waals surface area contributed by atoms with Gasteiger partial charge in [-0.25, -0.2) is 0 Å². The van der Waals surface area contributed by atoms with Gasteiger partial charge in [-0.3, -0.25) is 4.79 Å². The van der Waals surface area contributed by atoms with Crippen LogP contribution < -0.4 is 5.32 Å². The van der Waals surface area contributed by atoms with Crippen LogP contribution in [0.3, 0.4) is 0 Å². The molecule has 5 heteroatoms. The number of thiophene rings is 1. The molecule has 0 spiro atoms. The third-order valence-electron chi connectivity index (χ3n) is 4.17. The summed E-state index contributed by atoms with van der Waals surface area (Å²) in [6.07, 6.45) is 5.31. The highest BCUT2D eigenvalue weighted by molar-refractivity contribution is 7.09. The van der Waals surface area contributed by atoms with Gasteiger partial charge in [0.25, 0.3) is 0 Å². The normalized spacial score (nSPS) is 19.6. The Balaban J connectivity index is 1.43. The second-order valence-corrected chi connectivity index (χ2v) is 6.93. The van der Waals surface area contributed by atoms with E-state index in [0.717, 1.165) is 45.3 Å². The Morgan fingerprint density at radius 2 is 2.14 bits per heavy atom. The molecule has 21 heavy (non-hydrogen) atoms. The molecule has 116 valence electrons. The number of piperidine rings is 1. The maximum Gasteiger partial charge on any atom is 0.225 e. The Morgan fingerprint density at radius 1 is 1.33 bits per heavy atom. The van der Waals surface area contributed by atoms with Crippen molar-refractivity contribution in [1.29, 1.82) is 0 Å². The van der Waals surface area contributed by atoms with Crippen molar-refractivity contribution in [1.82, 2.24) is 10.2 Å². The highest BCUT2D eigenvalue weighted by atomic mass is 32.1. The van der Waals surface area contributed by atoms with E-state index in [1.807, 2.05) is 0 Å². The van der Waals surface area contributed by atoms with Gasteiger partial charge in [-0.2, -0.15) is 0 Å². The lowest BCUT2D eigenvalue weighted by atomic mass is 10.1. The molecule has 2 fully saturated rings. The fourth-order valence-corrected chi connectivity index (χ4v) is 3.50. The van der Waals surface area contributed by atoms with E-state index in [1.165, 1.54) is 4.88 Å². The molecular weight excluding hydrogens is 284 g/mol. The number of nitrogens with zero attached hydrogens (tertiary/aromatic N) is 1. The summed E-state index contributed by atoms with van der Waals surface area (Å²) in [5.74, 6) is 0.250. The molecular formula is C16H24N2O2S. The SMILES string of the molecule is O=C(CCOC1CCNCC1)N(Cc1cccs1)C1CC1. The highest BCUT2D eigenvalue weighted by Crippen LogP contribution is 2.29. The van der Waals surface area contributed by atoms with Gasteiger partial charge < -0.3 is 15.0 Å². The fraction of sp³-hybridized carbons (Fsp3) is 0.688. The third kappa shape index (κ3) is 4.53. The van der Waals surface area contributed by atoms with Crippen LogP contribution in [-0.4, -0.2) is 42.6 Å². The van der Waals surface area contributed by atoms with Gasteiger partial charge in [0.15, 0.2) is 0 Å². The maximum absolute atomic E-state index is 12.4. The Labute approximate surface area is 130 Å². The lowest BCUT2D eigenvalue weighted by Crippen LogP contribution is -2.35. The fourth-order valence-electron chi connectivity index (χ4n) is 2.80. The van der Waals surface area contributed by atoms with Crippen LogP contribution in [0.1, 0.15) is 37.0 Å². The molecule has 0 bridgehead atoms. The monoisotopic (exact) mass is 308 g/mol. The second-order valence-electron chi connectivity index (χ2n) is 5.90. The molecule has 1 aromatic heterocycles. The number of nitrogens with one attached hydrogen (secondary N) is 1. The minimum Gasteiger partial charge on any atom is -0.378 e. The molecule has 0 atom stereocenters. The molecule has 1 aromatic rings. The molecule has 2 heterocycles. The van der Waals surface area contributed by atoms with Crippen LogP contribution >= 0.6 is 11.3 Å². The number of hydrogen-bond donors (Lipinski definition) is 1. The van der Waals surface area contributed by atoms with Crippen LogP contribution in [0.15, 0.2) is 17.5 Å². The predicted octanol–water partition coefficient (Wildman–Crippen LogP) is 2.40. The molecule has 4 nitrogen and oxygen atoms in total. The summed E-state index contributed by atoms with van der Waals surface area (Å²) < 4.78 is 5.85. The summed E-state index contributed by atoms with van der Waals surface area (Å²) in [6.45, 7) is 3.40. The quantitative estimate of drug-likeness (QED) is 0.841. The van der Waals surface area contributed by atoms with Crippen LogP contribution in [0.25, 0.3) is 0 Å². The molecule has 1 N–H and O–H groups in total. The minimum atomic E-state index is 0.250. The van der Waals surface area contributed by atoms with Crippen molar-refractivity contribution in [2.24, 2.45) is 0 Å². The van der Waals surface area contributed by atoms with Crippen molar-refractivity contribution < 1.29 is 9.53 Å². The van der Waals surface area contributed by atoms with Gasteiger partial charge in [-0.1, -0.05) is 6.07 Å². The third-order valence-corrected chi connectivity index (χ3v) is 5.03. The first-order valence-corrected chi connectivity index (χ1v) is 8.85. The van der Waals surface area contributed by atoms with Gasteiger partial charge in [-0.15, -0.1) is 11.3 Å². The summed E-state index contributed by atoms with van der Waals surface area (Å²) in [4.78, 5) is 15.8. The zero-order valence-corrected chi connectivity index (χ0v) is 13.2. The van der Waals surface area contributed by atoms with E-state index in [9.17, 15) is 4.79 Å². The number of carbonyl (C=O) groups excluding carboxylic acids is 1. The number of rotatable bonds is 7. The van der Waals surface area contributed by atoms with Gasteiger partial charge >= 0.3 is 0 Å². The van der Waals surface area contributed by atoms with Crippen LogP contribution in [0.4, 0.5) is 0 Å². The van der Waals surface area contributed by atoms with E-state index in [2.05, 4.69) is 27.7 Å². The molecule has 2 aliphatic rings. The van der Waals surface area contributed by atoms with E-state index in [-0.39, 0.29) is 5.91 Å². The first kappa shape index (κ1) is 15.0. The molecule has 0 unspecified atom stereocenters. The van der Waals surface area contributed by atoms with Crippen LogP contribution in [0.2, 0.25) is 0 Å². The summed E-state index contributed by atoms with van der Waals surface area (Å²) >= 11 is 1.73. The van der Waals surface area contributed by atoms with E-state index in [0.29, 0.717) is 25.2 Å². The summed E-state index contributed by atoms with van der Waals surface area (Å²) in [5.41, 5.74) is 0. The van der Waals surface area contributed by atoms with E-state index in [1.54, 1.807) is 11.3 Å². The highest BCUT2D eigenvalue weighted by Gasteiger charge is 2.32. The first-order chi connectivity index (χ1) is 10.3. The molecule has 1 saturated heterocycles. The van der Waals surface area contributed by atoms with E-state index in [4.69, 9.17) is 4.74 Å². The van der Waals surface area contributed by atoms with Gasteiger partial charge in [0, 0.05) is 10.9 Å². The van der Waals surface area contributed by atoms with Gasteiger partial charge in [0.2, 0.25) is 5.91 Å². The molecule has 0 aromatic carbocycles. The van der Waals surface area contributed by atoms with Crippen molar-refractivity contribution in [2.75, 3.05) is 19.7 Å². The lowest BCUT2D eigenvalue weighted by Gasteiger charge is -2.25. The first-order valence-electron chi connectivity index (χ1n) is 7.97. The van der Waals surface area contributed by atoms with Crippen LogP contribution in [0.5, 0.6) is 0 Å². The number of ether oxygens (including phenoxy) is 1. The van der Waals surface area contributed by atoms with Crippen molar-refractivity contribution in [3.63, 3.8) is 0 Å². The summed E-state index contributed by atoms with van der Waals surface area (Å²) in [7, 11) is 0. The zero-order chi connectivity index (χ0) is 14.5. The van der Waals surface area contributed by atoms with Crippen molar-refractivity contribution >= 4 is 17.2 Å². The van der Waals surface area contributed by atoms with Crippen molar-refractivity contribution in [3.05, 3.63) is 22.4 Å². The van der Waals surface area contributed by atoms with Crippen LogP contribution in [0, 0.1) is 0 Å². The number of carbonyl (C=O) groups is 1. The van der Waals surface area contributed by atoms with Gasteiger partial charge in [-0.05, 0) is 50.2 Å². The van der Waals surface area contributed by atoms with Crippen LogP contribution in [-0.2, 0) is 16.1 Å². The molecule has 1 amide bonds. The van der Waals surface area contributed by atoms with Gasteiger partial charge in [0.1, 0.15) is 0 Å². The van der Waals surface area contributed by atoms with Gasteiger partial charge in [0.05, 0.1) is 25.7 Å². The Morgan fingerprint density at radius 3 is 2.81 bits per heavy atom. The molecule has 0 radical (unpaired) electrons. The zero-order valence-electron chi connectivity index (χ0n) is 12.4. The standard InChI is InChI=1S/C16H24N2O2S/c19-16(7-10-20-14-5-8-17-9-6-14)18(13-3-4-13)12-15-2-1-11-21-15/h1-2,11,13-14,17H,3-10,12H2. The average Bonchev–Trinajstić information content (AvgIpc) is 3.22.